The van der Waals surface area contributed by atoms with Crippen molar-refractivity contribution >= 4 is 31.3 Å². The van der Waals surface area contributed by atoms with Crippen LogP contribution in [0.15, 0.2) is 85.5 Å². The number of carboxylic acids is 1. The second kappa shape index (κ2) is 18.8. The average Bonchev–Trinajstić information content (AvgIpc) is 4.05. The molecule has 0 radical (unpaired) electrons. The molecule has 6 aromatic rings. The number of nitrogens with one attached hydrogen (secondary N) is 2. The van der Waals surface area contributed by atoms with Crippen molar-refractivity contribution in [2.45, 2.75) is 84.0 Å². The molecule has 63 heavy (non-hydrogen) atoms. The van der Waals surface area contributed by atoms with Crippen molar-refractivity contribution in [2.75, 3.05) is 44.1 Å². The fourth-order valence-electron chi connectivity index (χ4n) is 8.48. The Morgan fingerprint density at radius 1 is 0.841 bits per heavy atom. The number of aromatic amines is 1. The molecule has 4 aliphatic rings. The Morgan fingerprint density at radius 2 is 1.44 bits per heavy atom. The lowest BCUT2D eigenvalue weighted by Gasteiger charge is -2.44. The Labute approximate surface area is 368 Å². The zero-order valence-electron chi connectivity index (χ0n) is 36.4. The van der Waals surface area contributed by atoms with E-state index in [9.17, 15) is 14.7 Å². The molecule has 2 aliphatic heterocycles. The molecule has 5 N–H and O–H groups in total. The number of carbonyl (C=O) groups excluding carboxylic acids is 1. The van der Waals surface area contributed by atoms with E-state index < -0.39 is 14.0 Å². The van der Waals surface area contributed by atoms with Gasteiger partial charge in [0.05, 0.1) is 63.3 Å². The molecular formula is C46H58N10O6Si. The summed E-state index contributed by atoms with van der Waals surface area (Å²) in [5.41, 5.74) is 14.5. The molecule has 2 saturated heterocycles. The standard InChI is InChI=1S/C20H21N5O2.C16H26N2O4Si.C10H11N3/c26-19(18-16-6-7-20(12-27-13-20)8-17(16)23-24-18)22-15-9-21-25(11-15)10-14-4-2-1-3-5-14;1-23(2,3)7-6-21-11-18-13-8-16(9-22-10-16)5-4-12(13)14(17-18)15(19)20;11-10-6-12-13(8-10)7-9-4-2-1-3-5-9/h1-5,9,11H,6-8,10,12-13H2,(H,22,26)(H,23,24);4-11H2,1-3H3,(H,19,20);1-6,8H,7,11H2. The van der Waals surface area contributed by atoms with Gasteiger partial charge in [-0.3, -0.25) is 19.3 Å². The van der Waals surface area contributed by atoms with Gasteiger partial charge in [0.2, 0.25) is 0 Å². The fraction of sp³-hybridized carbons (Fsp3) is 0.435. The van der Waals surface area contributed by atoms with Crippen LogP contribution in [0, 0.1) is 10.8 Å². The largest absolute Gasteiger partial charge is 0.476 e. The fourth-order valence-corrected chi connectivity index (χ4v) is 9.24. The molecule has 0 saturated carbocycles. The number of nitrogen functional groups attached to an aromatic ring is 1. The number of aromatic carboxylic acids is 1. The highest BCUT2D eigenvalue weighted by molar-refractivity contribution is 6.76. The number of amides is 1. The van der Waals surface area contributed by atoms with Crippen LogP contribution in [-0.4, -0.2) is 97.6 Å². The molecule has 17 heteroatoms. The number of fused-ring (bicyclic) bond motifs is 2. The summed E-state index contributed by atoms with van der Waals surface area (Å²) in [6, 6.07) is 21.4. The van der Waals surface area contributed by atoms with Gasteiger partial charge < -0.3 is 30.4 Å². The van der Waals surface area contributed by atoms with Gasteiger partial charge in [-0.25, -0.2) is 9.48 Å². The van der Waals surface area contributed by atoms with E-state index in [4.69, 9.17) is 19.9 Å². The van der Waals surface area contributed by atoms with E-state index in [0.29, 0.717) is 37.0 Å². The topological polar surface area (TPSA) is 202 Å². The molecule has 0 unspecified atom stereocenters. The van der Waals surface area contributed by atoms with Gasteiger partial charge in [-0.05, 0) is 55.7 Å². The molecule has 0 bridgehead atoms. The summed E-state index contributed by atoms with van der Waals surface area (Å²) >= 11 is 0. The molecule has 10 rings (SSSR count). The molecule has 0 atom stereocenters. The normalized spacial score (nSPS) is 16.6. The predicted octanol–water partition coefficient (Wildman–Crippen LogP) is 6.32. The first kappa shape index (κ1) is 43.8. The molecule has 2 fully saturated rings. The number of carboxylic acid groups (broad SMARTS) is 1. The number of rotatable bonds is 12. The van der Waals surface area contributed by atoms with Crippen LogP contribution in [0.1, 0.15) is 67.5 Å². The first-order chi connectivity index (χ1) is 30.3. The first-order valence-electron chi connectivity index (χ1n) is 21.7. The van der Waals surface area contributed by atoms with Crippen molar-refractivity contribution < 1.29 is 28.9 Å². The number of ether oxygens (including phenoxy) is 3. The summed E-state index contributed by atoms with van der Waals surface area (Å²) in [6.07, 6.45) is 12.4. The third-order valence-electron chi connectivity index (χ3n) is 12.2. The molecule has 1 amide bonds. The van der Waals surface area contributed by atoms with Gasteiger partial charge in [0, 0.05) is 60.4 Å². The van der Waals surface area contributed by atoms with Crippen LogP contribution in [0.2, 0.25) is 25.7 Å². The van der Waals surface area contributed by atoms with Crippen molar-refractivity contribution in [1.29, 1.82) is 0 Å². The summed E-state index contributed by atoms with van der Waals surface area (Å²) in [6.45, 7) is 12.6. The molecule has 16 nitrogen and oxygen atoms in total. The third kappa shape index (κ3) is 10.8. The summed E-state index contributed by atoms with van der Waals surface area (Å²) in [7, 11) is -1.12. The minimum Gasteiger partial charge on any atom is -0.476 e. The minimum absolute atomic E-state index is 0.187. The summed E-state index contributed by atoms with van der Waals surface area (Å²) < 4.78 is 22.0. The summed E-state index contributed by atoms with van der Waals surface area (Å²) in [5, 5.41) is 32.4. The van der Waals surface area contributed by atoms with E-state index in [0.717, 1.165) is 106 Å². The van der Waals surface area contributed by atoms with E-state index in [2.05, 4.69) is 74.7 Å². The Kier molecular flexibility index (Phi) is 13.1. The van der Waals surface area contributed by atoms with Gasteiger partial charge in [0.1, 0.15) is 6.73 Å². The van der Waals surface area contributed by atoms with Crippen molar-refractivity contribution in [3.8, 4) is 0 Å². The molecular weight excluding hydrogens is 817 g/mol. The zero-order chi connectivity index (χ0) is 44.0. The van der Waals surface area contributed by atoms with Crippen LogP contribution >= 0.6 is 0 Å². The van der Waals surface area contributed by atoms with E-state index in [1.54, 1.807) is 17.1 Å². The maximum absolute atomic E-state index is 12.7. The highest BCUT2D eigenvalue weighted by Gasteiger charge is 2.45. The van der Waals surface area contributed by atoms with Crippen molar-refractivity contribution in [3.63, 3.8) is 0 Å². The van der Waals surface area contributed by atoms with Gasteiger partial charge >= 0.3 is 5.97 Å². The Morgan fingerprint density at radius 3 is 2.02 bits per heavy atom. The lowest BCUT2D eigenvalue weighted by molar-refractivity contribution is -0.121. The van der Waals surface area contributed by atoms with Gasteiger partial charge in [-0.2, -0.15) is 20.4 Å². The van der Waals surface area contributed by atoms with Crippen LogP contribution in [0.3, 0.4) is 0 Å². The number of anilines is 2. The molecule has 332 valence electrons. The molecule has 4 aromatic heterocycles. The average molecular weight is 875 g/mol. The van der Waals surface area contributed by atoms with Gasteiger partial charge in [0.15, 0.2) is 11.4 Å². The molecule has 2 aliphatic carbocycles. The van der Waals surface area contributed by atoms with Gasteiger partial charge in [0.25, 0.3) is 5.91 Å². The van der Waals surface area contributed by atoms with Gasteiger partial charge in [-0.15, -0.1) is 0 Å². The second-order valence-corrected chi connectivity index (χ2v) is 24.2. The third-order valence-corrected chi connectivity index (χ3v) is 13.9. The molecule has 2 aromatic carbocycles. The van der Waals surface area contributed by atoms with E-state index in [1.165, 1.54) is 5.56 Å². The van der Waals surface area contributed by atoms with Crippen molar-refractivity contribution in [2.24, 2.45) is 10.8 Å². The lowest BCUT2D eigenvalue weighted by atomic mass is 9.72. The number of carbonyl (C=O) groups is 2. The van der Waals surface area contributed by atoms with Crippen LogP contribution in [0.4, 0.5) is 11.4 Å². The quantitative estimate of drug-likeness (QED) is 0.0792. The lowest BCUT2D eigenvalue weighted by Crippen LogP contribution is -2.47. The smallest absolute Gasteiger partial charge is 0.356 e. The van der Waals surface area contributed by atoms with E-state index in [-0.39, 0.29) is 22.4 Å². The summed E-state index contributed by atoms with van der Waals surface area (Å²) in [5.74, 6) is -1.13. The van der Waals surface area contributed by atoms with Gasteiger partial charge in [-0.1, -0.05) is 80.3 Å². The molecule has 2 spiro atoms. The zero-order valence-corrected chi connectivity index (χ0v) is 37.4. The molecule has 6 heterocycles. The maximum atomic E-state index is 12.7. The van der Waals surface area contributed by atoms with Crippen molar-refractivity contribution in [1.82, 2.24) is 39.5 Å². The SMILES string of the molecule is C[Si](C)(C)CCOCn1nc(C(=O)O)c2c1CC1(CC2)COC1.Nc1cnn(Cc2ccccc2)c1.O=C(Nc1cnn(Cc2ccccc2)c1)c1n[nH]c2c1CCC1(COC1)C2. The van der Waals surface area contributed by atoms with Crippen molar-refractivity contribution in [3.05, 3.63) is 130 Å². The highest BCUT2D eigenvalue weighted by atomic mass is 28.3. The summed E-state index contributed by atoms with van der Waals surface area (Å²) in [4.78, 5) is 24.2. The Hall–Kier alpha value is -5.88. The second-order valence-electron chi connectivity index (χ2n) is 18.6. The van der Waals surface area contributed by atoms with Crippen LogP contribution in [0.25, 0.3) is 0 Å². The van der Waals surface area contributed by atoms with Crippen LogP contribution < -0.4 is 11.1 Å². The Balaban J connectivity index is 0.000000137. The van der Waals surface area contributed by atoms with E-state index in [1.807, 2.05) is 58.2 Å². The number of benzene rings is 2. The monoisotopic (exact) mass is 874 g/mol. The number of aromatic nitrogens is 8. The highest BCUT2D eigenvalue weighted by Crippen LogP contribution is 2.43. The first-order valence-corrected chi connectivity index (χ1v) is 25.4. The van der Waals surface area contributed by atoms with E-state index >= 15 is 0 Å². The number of hydrogen-bond donors (Lipinski definition) is 4. The number of H-pyrrole nitrogens is 1. The number of nitrogens with two attached hydrogens (primary N) is 1. The minimum atomic E-state index is -1.12. The predicted molar refractivity (Wildman–Crippen MR) is 240 cm³/mol. The Bertz CT molecular complexity index is 2480. The van der Waals surface area contributed by atoms with Crippen LogP contribution in [-0.2, 0) is 59.7 Å². The maximum Gasteiger partial charge on any atom is 0.356 e. The number of hydrogen-bond acceptors (Lipinski definition) is 10. The van der Waals surface area contributed by atoms with Crippen LogP contribution in [0.5, 0.6) is 0 Å². The number of nitrogens with zero attached hydrogens (tertiary/aromatic N) is 7.